The van der Waals surface area contributed by atoms with E-state index in [4.69, 9.17) is 14.5 Å². The first-order valence-electron chi connectivity index (χ1n) is 15.0. The van der Waals surface area contributed by atoms with Crippen molar-refractivity contribution >= 4 is 16.3 Å². The van der Waals surface area contributed by atoms with Gasteiger partial charge >= 0.3 is 10.4 Å². The van der Waals surface area contributed by atoms with Gasteiger partial charge in [0.2, 0.25) is 5.91 Å². The van der Waals surface area contributed by atoms with E-state index in [2.05, 4.69) is 37.5 Å². The van der Waals surface area contributed by atoms with Crippen LogP contribution in [0.2, 0.25) is 0 Å². The lowest BCUT2D eigenvalue weighted by Crippen LogP contribution is -2.51. The zero-order valence-electron chi connectivity index (χ0n) is 23.7. The molecule has 9 heteroatoms. The summed E-state index contributed by atoms with van der Waals surface area (Å²) < 4.78 is 36.7. The molecule has 0 aromatic heterocycles. The molecule has 218 valence electrons. The van der Waals surface area contributed by atoms with E-state index in [9.17, 15) is 13.2 Å². The molecule has 3 fully saturated rings. The van der Waals surface area contributed by atoms with Crippen LogP contribution in [0.3, 0.4) is 0 Å². The number of rotatable bonds is 12. The van der Waals surface area contributed by atoms with Crippen LogP contribution in [0.15, 0.2) is 11.6 Å². The Hall–Kier alpha value is -1.00. The summed E-state index contributed by atoms with van der Waals surface area (Å²) in [5.41, 5.74) is 7.11. The molecule has 4 rings (SSSR count). The predicted molar refractivity (Wildman–Crippen MR) is 150 cm³/mol. The van der Waals surface area contributed by atoms with E-state index in [0.717, 1.165) is 77.5 Å². The molecule has 4 unspecified atom stereocenters. The Morgan fingerprint density at radius 2 is 1.87 bits per heavy atom. The molecule has 0 aromatic carbocycles. The fourth-order valence-corrected chi connectivity index (χ4v) is 9.54. The van der Waals surface area contributed by atoms with E-state index in [1.165, 1.54) is 12.0 Å². The quantitative estimate of drug-likeness (QED) is 0.162. The van der Waals surface area contributed by atoms with Crippen LogP contribution in [0.5, 0.6) is 0 Å². The Morgan fingerprint density at radius 1 is 1.11 bits per heavy atom. The van der Waals surface area contributed by atoms with Gasteiger partial charge in [-0.05, 0) is 125 Å². The number of amides is 1. The molecule has 0 bridgehead atoms. The normalized spacial score (nSPS) is 37.5. The van der Waals surface area contributed by atoms with E-state index >= 15 is 0 Å². The number of allylic oxidation sites excluding steroid dienone is 1. The van der Waals surface area contributed by atoms with Crippen molar-refractivity contribution in [3.8, 4) is 0 Å². The van der Waals surface area contributed by atoms with Crippen LogP contribution >= 0.6 is 0 Å². The molecule has 0 heterocycles. The molecule has 1 amide bonds. The Kier molecular flexibility index (Phi) is 9.66. The van der Waals surface area contributed by atoms with Crippen LogP contribution < -0.4 is 16.4 Å². The van der Waals surface area contributed by atoms with Crippen molar-refractivity contribution in [2.45, 2.75) is 97.5 Å². The van der Waals surface area contributed by atoms with Crippen LogP contribution in [0.25, 0.3) is 0 Å². The highest BCUT2D eigenvalue weighted by molar-refractivity contribution is 7.80. The minimum absolute atomic E-state index is 0.0253. The third-order valence-corrected chi connectivity index (χ3v) is 11.6. The summed E-state index contributed by atoms with van der Waals surface area (Å²) in [4.78, 5) is 13.1. The van der Waals surface area contributed by atoms with Crippen molar-refractivity contribution in [3.05, 3.63) is 11.6 Å². The van der Waals surface area contributed by atoms with E-state index in [1.54, 1.807) is 0 Å². The van der Waals surface area contributed by atoms with Crippen LogP contribution in [0, 0.1) is 40.4 Å². The third kappa shape index (κ3) is 6.32. The van der Waals surface area contributed by atoms with Crippen molar-refractivity contribution in [1.29, 1.82) is 0 Å². The van der Waals surface area contributed by atoms with Gasteiger partial charge in [-0.15, -0.1) is 0 Å². The zero-order valence-corrected chi connectivity index (χ0v) is 24.5. The molecule has 5 N–H and O–H groups in total. The largest absolute Gasteiger partial charge is 0.397 e. The van der Waals surface area contributed by atoms with Crippen molar-refractivity contribution in [3.63, 3.8) is 0 Å². The molecule has 0 aromatic rings. The highest BCUT2D eigenvalue weighted by atomic mass is 32.3. The number of unbranched alkanes of at least 4 members (excludes halogenated alkanes) is 1. The maximum Gasteiger partial charge on any atom is 0.397 e. The Labute approximate surface area is 230 Å². The van der Waals surface area contributed by atoms with Gasteiger partial charge in [-0.25, -0.2) is 4.18 Å². The number of hydrogen-bond donors (Lipinski definition) is 4. The zero-order chi connectivity index (χ0) is 27.6. The lowest BCUT2D eigenvalue weighted by atomic mass is 9.47. The molecular weight excluding hydrogens is 502 g/mol. The maximum atomic E-state index is 13.1. The van der Waals surface area contributed by atoms with Gasteiger partial charge in [0, 0.05) is 12.5 Å². The van der Waals surface area contributed by atoms with Gasteiger partial charge in [0.25, 0.3) is 0 Å². The van der Waals surface area contributed by atoms with Crippen molar-refractivity contribution < 1.29 is 21.9 Å². The number of fused-ring (bicyclic) bond motifs is 5. The van der Waals surface area contributed by atoms with Gasteiger partial charge in [-0.1, -0.05) is 32.4 Å². The number of hydrogen-bond acceptors (Lipinski definition) is 6. The second kappa shape index (κ2) is 12.2. The number of nitrogens with one attached hydrogen (secondary N) is 2. The average Bonchev–Trinajstić information content (AvgIpc) is 3.21. The van der Waals surface area contributed by atoms with E-state index < -0.39 is 16.5 Å². The molecule has 0 spiro atoms. The van der Waals surface area contributed by atoms with E-state index in [0.29, 0.717) is 36.5 Å². The summed E-state index contributed by atoms with van der Waals surface area (Å²) in [5, 5.41) is 6.64. The third-order valence-electron chi connectivity index (χ3n) is 11.0. The van der Waals surface area contributed by atoms with E-state index in [-0.39, 0.29) is 22.7 Å². The first-order chi connectivity index (χ1) is 18.0. The Balaban J connectivity index is 1.33. The van der Waals surface area contributed by atoms with Gasteiger partial charge in [-0.3, -0.25) is 9.35 Å². The summed E-state index contributed by atoms with van der Waals surface area (Å²) in [6.07, 6.45) is 12.8. The first-order valence-corrected chi connectivity index (χ1v) is 16.4. The number of carbonyl (C=O) groups is 1. The van der Waals surface area contributed by atoms with Crippen LogP contribution in [-0.4, -0.2) is 51.2 Å². The molecule has 4 aliphatic rings. The second-order valence-corrected chi connectivity index (χ2v) is 14.1. The van der Waals surface area contributed by atoms with E-state index in [1.807, 2.05) is 0 Å². The maximum absolute atomic E-state index is 13.1. The van der Waals surface area contributed by atoms with Gasteiger partial charge in [0.1, 0.15) is 0 Å². The van der Waals surface area contributed by atoms with Crippen LogP contribution in [0.1, 0.15) is 91.4 Å². The lowest BCUT2D eigenvalue weighted by molar-refractivity contribution is -0.129. The van der Waals surface area contributed by atoms with Crippen molar-refractivity contribution in [2.75, 3.05) is 26.2 Å². The summed E-state index contributed by atoms with van der Waals surface area (Å²) in [7, 11) is -4.43. The van der Waals surface area contributed by atoms with Gasteiger partial charge in [0.15, 0.2) is 0 Å². The minimum atomic E-state index is -4.43. The minimum Gasteiger partial charge on any atom is -0.356 e. The van der Waals surface area contributed by atoms with Gasteiger partial charge < -0.3 is 16.4 Å². The van der Waals surface area contributed by atoms with Crippen molar-refractivity contribution in [2.24, 2.45) is 46.2 Å². The molecular formula is C29H51N3O5S. The van der Waals surface area contributed by atoms with Crippen LogP contribution in [-0.2, 0) is 19.4 Å². The summed E-state index contributed by atoms with van der Waals surface area (Å²) >= 11 is 0. The molecule has 0 aliphatic heterocycles. The SMILES string of the molecule is CC(C(=O)NCCCNCCCCN)[C@H]1CCC2C3CC=C4C[C@@H](OS(=O)(=O)O)CC[C@]4(C)C3CC[C@@]21C. The molecule has 3 saturated carbocycles. The lowest BCUT2D eigenvalue weighted by Gasteiger charge is -2.58. The topological polar surface area (TPSA) is 131 Å². The fraction of sp³-hybridized carbons (Fsp3) is 0.897. The number of carbonyl (C=O) groups excluding carboxylic acids is 1. The first kappa shape index (κ1) is 30.0. The molecule has 0 saturated heterocycles. The van der Waals surface area contributed by atoms with Crippen LogP contribution in [0.4, 0.5) is 0 Å². The molecule has 8 atom stereocenters. The second-order valence-electron chi connectivity index (χ2n) is 13.1. The Bertz CT molecular complexity index is 971. The molecule has 8 nitrogen and oxygen atoms in total. The highest BCUT2D eigenvalue weighted by Crippen LogP contribution is 2.67. The van der Waals surface area contributed by atoms with Gasteiger partial charge in [0.05, 0.1) is 6.10 Å². The summed E-state index contributed by atoms with van der Waals surface area (Å²) in [5.74, 6) is 2.48. The average molecular weight is 554 g/mol. The number of nitrogens with two attached hydrogens (primary N) is 1. The highest BCUT2D eigenvalue weighted by Gasteiger charge is 2.59. The monoisotopic (exact) mass is 553 g/mol. The standard InChI is InChI=1S/C29H51N3O5S/c1-20(27(33)32-18-6-17-31-16-5-4-15-30)24-9-10-25-23-8-7-21-19-22(37-38(34,35)36)11-13-28(21,2)26(23)12-14-29(24,25)3/h7,20,22-26,31H,4-6,8-19,30H2,1-3H3,(H,32,33)(H,34,35,36)/t20?,22-,23?,24+,25?,26?,28-,29+/m0/s1. The molecule has 4 aliphatic carbocycles. The summed E-state index contributed by atoms with van der Waals surface area (Å²) in [6.45, 7) is 10.3. The van der Waals surface area contributed by atoms with Gasteiger partial charge in [-0.2, -0.15) is 8.42 Å². The van der Waals surface area contributed by atoms with Crippen molar-refractivity contribution in [1.82, 2.24) is 10.6 Å². The molecule has 38 heavy (non-hydrogen) atoms. The smallest absolute Gasteiger partial charge is 0.356 e. The molecule has 0 radical (unpaired) electrons. The fourth-order valence-electron chi connectivity index (χ4n) is 9.03. The summed E-state index contributed by atoms with van der Waals surface area (Å²) in [6, 6.07) is 0. The Morgan fingerprint density at radius 3 is 2.61 bits per heavy atom. The predicted octanol–water partition coefficient (Wildman–Crippen LogP) is 4.22.